The smallest absolute Gasteiger partial charge is 0.272 e. The van der Waals surface area contributed by atoms with Gasteiger partial charge in [-0.05, 0) is 79.6 Å². The van der Waals surface area contributed by atoms with Crippen molar-refractivity contribution in [3.05, 3.63) is 129 Å². The lowest BCUT2D eigenvalue weighted by molar-refractivity contribution is -0.115. The topological polar surface area (TPSA) is 87.3 Å². The molecule has 0 saturated carbocycles. The maximum Gasteiger partial charge on any atom is 0.272 e. The molecule has 0 bridgehead atoms. The lowest BCUT2D eigenvalue weighted by atomic mass is 10.1. The number of amides is 3. The van der Waals surface area contributed by atoms with E-state index in [-0.39, 0.29) is 11.6 Å². The fraction of sp³-hybridized carbons (Fsp3) is 0.0938. The Hall–Kier alpha value is -4.04. The van der Waals surface area contributed by atoms with Gasteiger partial charge in [-0.2, -0.15) is 0 Å². The van der Waals surface area contributed by atoms with E-state index >= 15 is 0 Å². The number of anilines is 2. The van der Waals surface area contributed by atoms with E-state index in [4.69, 9.17) is 23.2 Å². The Labute approximate surface area is 253 Å². The Morgan fingerprint density at radius 1 is 0.780 bits per heavy atom. The molecule has 4 aromatic rings. The maximum absolute atomic E-state index is 13.4. The average Bonchev–Trinajstić information content (AvgIpc) is 2.93. The summed E-state index contributed by atoms with van der Waals surface area (Å²) < 4.78 is 0. The Kier molecular flexibility index (Phi) is 10.2. The van der Waals surface area contributed by atoms with Crippen LogP contribution in [-0.4, -0.2) is 23.0 Å². The molecule has 9 heteroatoms. The van der Waals surface area contributed by atoms with Gasteiger partial charge in [0.2, 0.25) is 5.91 Å². The second-order valence-electron chi connectivity index (χ2n) is 9.12. The van der Waals surface area contributed by atoms with E-state index in [1.54, 1.807) is 73.7 Å². The molecule has 3 amide bonds. The summed E-state index contributed by atoms with van der Waals surface area (Å²) >= 11 is 13.4. The van der Waals surface area contributed by atoms with Gasteiger partial charge in [-0.3, -0.25) is 14.4 Å². The summed E-state index contributed by atoms with van der Waals surface area (Å²) in [5.74, 6) is -1.11. The quantitative estimate of drug-likeness (QED) is 0.134. The molecule has 0 saturated heterocycles. The average molecular weight is 605 g/mol. The van der Waals surface area contributed by atoms with Crippen LogP contribution in [0, 0.1) is 6.92 Å². The number of hydrogen-bond acceptors (Lipinski definition) is 4. The Balaban J connectivity index is 1.48. The minimum Gasteiger partial charge on any atom is -0.325 e. The zero-order valence-corrected chi connectivity index (χ0v) is 24.6. The molecule has 0 aliphatic rings. The standard InChI is InChI=1S/C32H27Cl2N3O3S/c1-20-9-6-7-12-23(20)15-29(37-31(39)22-10-4-3-5-11-22)32(40)35-26-13-8-14-28(19-26)41-21(2)30(38)36-27-17-24(33)16-25(34)18-27/h3-19,21H,1-2H3,(H,35,40)(H,36,38)(H,37,39)/b29-15-. The van der Waals surface area contributed by atoms with Crippen LogP contribution in [0.3, 0.4) is 0 Å². The molecule has 0 aromatic heterocycles. The fourth-order valence-electron chi connectivity index (χ4n) is 3.82. The Bertz CT molecular complexity index is 1590. The van der Waals surface area contributed by atoms with Crippen LogP contribution >= 0.6 is 35.0 Å². The summed E-state index contributed by atoms with van der Waals surface area (Å²) in [6, 6.07) is 28.2. The summed E-state index contributed by atoms with van der Waals surface area (Å²) in [5.41, 5.74) is 3.31. The molecule has 0 spiro atoms. The molecule has 41 heavy (non-hydrogen) atoms. The molecule has 0 radical (unpaired) electrons. The highest BCUT2D eigenvalue weighted by Gasteiger charge is 2.18. The summed E-state index contributed by atoms with van der Waals surface area (Å²) in [6.45, 7) is 3.71. The van der Waals surface area contributed by atoms with Gasteiger partial charge in [-0.1, -0.05) is 71.7 Å². The molecule has 0 aliphatic carbocycles. The van der Waals surface area contributed by atoms with Crippen LogP contribution < -0.4 is 16.0 Å². The highest BCUT2D eigenvalue weighted by Crippen LogP contribution is 2.28. The zero-order valence-electron chi connectivity index (χ0n) is 22.3. The van der Waals surface area contributed by atoms with Crippen LogP contribution in [-0.2, 0) is 9.59 Å². The molecule has 6 nitrogen and oxygen atoms in total. The van der Waals surface area contributed by atoms with Gasteiger partial charge < -0.3 is 16.0 Å². The summed E-state index contributed by atoms with van der Waals surface area (Å²) in [6.07, 6.45) is 1.65. The number of halogens is 2. The van der Waals surface area contributed by atoms with E-state index in [1.807, 2.05) is 43.3 Å². The van der Waals surface area contributed by atoms with Crippen molar-refractivity contribution in [2.45, 2.75) is 24.0 Å². The number of benzene rings is 4. The minimum atomic E-state index is -0.483. The van der Waals surface area contributed by atoms with Crippen molar-refractivity contribution < 1.29 is 14.4 Å². The third kappa shape index (κ3) is 8.72. The van der Waals surface area contributed by atoms with Crippen molar-refractivity contribution in [3.8, 4) is 0 Å². The summed E-state index contributed by atoms with van der Waals surface area (Å²) in [5, 5.41) is 8.83. The first-order chi connectivity index (χ1) is 19.7. The van der Waals surface area contributed by atoms with Crippen LogP contribution in [0.15, 0.2) is 108 Å². The summed E-state index contributed by atoms with van der Waals surface area (Å²) in [4.78, 5) is 39.9. The first kappa shape index (κ1) is 29.9. The first-order valence-electron chi connectivity index (χ1n) is 12.7. The monoisotopic (exact) mass is 603 g/mol. The van der Waals surface area contributed by atoms with Crippen molar-refractivity contribution in [1.29, 1.82) is 0 Å². The number of aryl methyl sites for hydroxylation is 1. The molecular formula is C32H27Cl2N3O3S. The van der Waals surface area contributed by atoms with E-state index in [2.05, 4.69) is 16.0 Å². The van der Waals surface area contributed by atoms with Gasteiger partial charge in [0.15, 0.2) is 0 Å². The van der Waals surface area contributed by atoms with Gasteiger partial charge in [-0.15, -0.1) is 11.8 Å². The molecule has 0 fully saturated rings. The van der Waals surface area contributed by atoms with E-state index in [0.717, 1.165) is 16.0 Å². The van der Waals surface area contributed by atoms with Gasteiger partial charge in [-0.25, -0.2) is 0 Å². The molecule has 0 aliphatic heterocycles. The number of carbonyl (C=O) groups excluding carboxylic acids is 3. The lowest BCUT2D eigenvalue weighted by Gasteiger charge is -2.14. The SMILES string of the molecule is Cc1ccccc1/C=C(\NC(=O)c1ccccc1)C(=O)Nc1cccc(SC(C)C(=O)Nc2cc(Cl)cc(Cl)c2)c1. The van der Waals surface area contributed by atoms with E-state index < -0.39 is 17.1 Å². The van der Waals surface area contributed by atoms with Gasteiger partial charge >= 0.3 is 0 Å². The molecule has 4 aromatic carbocycles. The summed E-state index contributed by atoms with van der Waals surface area (Å²) in [7, 11) is 0. The third-order valence-electron chi connectivity index (χ3n) is 5.92. The molecule has 0 heterocycles. The van der Waals surface area contributed by atoms with Crippen LogP contribution in [0.25, 0.3) is 6.08 Å². The number of thioether (sulfide) groups is 1. The van der Waals surface area contributed by atoms with E-state index in [1.165, 1.54) is 11.8 Å². The Morgan fingerprint density at radius 2 is 1.46 bits per heavy atom. The fourth-order valence-corrected chi connectivity index (χ4v) is 5.27. The van der Waals surface area contributed by atoms with Crippen molar-refractivity contribution >= 4 is 70.1 Å². The van der Waals surface area contributed by atoms with E-state index in [9.17, 15) is 14.4 Å². The molecule has 4 rings (SSSR count). The van der Waals surface area contributed by atoms with Crippen LogP contribution in [0.4, 0.5) is 11.4 Å². The van der Waals surface area contributed by atoms with Gasteiger partial charge in [0.25, 0.3) is 11.8 Å². The van der Waals surface area contributed by atoms with Gasteiger partial charge in [0.1, 0.15) is 5.70 Å². The van der Waals surface area contributed by atoms with Crippen molar-refractivity contribution in [1.82, 2.24) is 5.32 Å². The number of nitrogens with one attached hydrogen (secondary N) is 3. The van der Waals surface area contributed by atoms with Crippen LogP contribution in [0.5, 0.6) is 0 Å². The molecule has 1 unspecified atom stereocenters. The highest BCUT2D eigenvalue weighted by molar-refractivity contribution is 8.00. The van der Waals surface area contributed by atoms with Gasteiger partial charge in [0, 0.05) is 31.9 Å². The second-order valence-corrected chi connectivity index (χ2v) is 11.4. The number of carbonyl (C=O) groups is 3. The largest absolute Gasteiger partial charge is 0.325 e. The normalized spacial score (nSPS) is 11.9. The predicted molar refractivity (Wildman–Crippen MR) is 169 cm³/mol. The third-order valence-corrected chi connectivity index (χ3v) is 7.45. The molecular weight excluding hydrogens is 577 g/mol. The molecule has 1 atom stereocenters. The molecule has 3 N–H and O–H groups in total. The number of hydrogen-bond donors (Lipinski definition) is 3. The van der Waals surface area contributed by atoms with Crippen LogP contribution in [0.2, 0.25) is 10.0 Å². The van der Waals surface area contributed by atoms with Crippen molar-refractivity contribution in [3.63, 3.8) is 0 Å². The van der Waals surface area contributed by atoms with E-state index in [0.29, 0.717) is 27.0 Å². The van der Waals surface area contributed by atoms with Crippen LogP contribution in [0.1, 0.15) is 28.4 Å². The second kappa shape index (κ2) is 14.0. The first-order valence-corrected chi connectivity index (χ1v) is 14.3. The zero-order chi connectivity index (χ0) is 29.4. The lowest BCUT2D eigenvalue weighted by Crippen LogP contribution is -2.30. The van der Waals surface area contributed by atoms with Crippen molar-refractivity contribution in [2.24, 2.45) is 0 Å². The minimum absolute atomic E-state index is 0.0964. The van der Waals surface area contributed by atoms with Gasteiger partial charge in [0.05, 0.1) is 5.25 Å². The predicted octanol–water partition coefficient (Wildman–Crippen LogP) is 7.83. The number of rotatable bonds is 9. The highest BCUT2D eigenvalue weighted by atomic mass is 35.5. The molecule has 208 valence electrons. The Morgan fingerprint density at radius 3 is 2.17 bits per heavy atom. The van der Waals surface area contributed by atoms with Crippen molar-refractivity contribution in [2.75, 3.05) is 10.6 Å². The maximum atomic E-state index is 13.4.